The van der Waals surface area contributed by atoms with Gasteiger partial charge in [0, 0.05) is 5.54 Å². The second-order valence-corrected chi connectivity index (χ2v) is 4.17. The average Bonchev–Trinajstić information content (AvgIpc) is 1.83. The Morgan fingerprint density at radius 2 is 1.75 bits per heavy atom. The predicted molar refractivity (Wildman–Crippen MR) is 46.0 cm³/mol. The van der Waals surface area contributed by atoms with E-state index >= 15 is 0 Å². The lowest BCUT2D eigenvalue weighted by Gasteiger charge is -2.32. The van der Waals surface area contributed by atoms with E-state index in [1.54, 1.807) is 0 Å². The Bertz CT molecular complexity index is 174. The maximum Gasteiger partial charge on any atom is 0.326 e. The minimum atomic E-state index is -1.25. The predicted octanol–water partition coefficient (Wildman–Crippen LogP) is 0.210. The number of carboxylic acids is 1. The SMILES string of the molecule is CC(C)(C)NC(C)(CO)C(=O)O. The Morgan fingerprint density at radius 3 is 1.83 bits per heavy atom. The first kappa shape index (κ1) is 11.4. The van der Waals surface area contributed by atoms with Gasteiger partial charge in [-0.15, -0.1) is 0 Å². The Hall–Kier alpha value is -0.610. The number of aliphatic carboxylic acids is 1. The third-order valence-electron chi connectivity index (χ3n) is 1.44. The zero-order valence-electron chi connectivity index (χ0n) is 8.01. The van der Waals surface area contributed by atoms with Crippen LogP contribution in [0.15, 0.2) is 0 Å². The summed E-state index contributed by atoms with van der Waals surface area (Å²) in [7, 11) is 0. The summed E-state index contributed by atoms with van der Waals surface area (Å²) in [6.45, 7) is 6.59. The highest BCUT2D eigenvalue weighted by molar-refractivity contribution is 5.78. The molecule has 0 aliphatic carbocycles. The molecule has 0 rings (SSSR count). The molecule has 0 heterocycles. The molecule has 0 aromatic heterocycles. The molecule has 0 saturated heterocycles. The number of hydrogen-bond acceptors (Lipinski definition) is 3. The fourth-order valence-electron chi connectivity index (χ4n) is 0.988. The molecule has 0 amide bonds. The summed E-state index contributed by atoms with van der Waals surface area (Å²) in [5, 5.41) is 20.5. The molecular weight excluding hydrogens is 158 g/mol. The fourth-order valence-corrected chi connectivity index (χ4v) is 0.988. The topological polar surface area (TPSA) is 69.6 Å². The van der Waals surface area contributed by atoms with Crippen LogP contribution in [0, 0.1) is 0 Å². The maximum atomic E-state index is 10.7. The van der Waals surface area contributed by atoms with Crippen LogP contribution in [-0.2, 0) is 4.79 Å². The van der Waals surface area contributed by atoms with Crippen LogP contribution in [0.2, 0.25) is 0 Å². The number of aliphatic hydroxyl groups excluding tert-OH is 1. The Morgan fingerprint density at radius 1 is 1.33 bits per heavy atom. The lowest BCUT2D eigenvalue weighted by Crippen LogP contribution is -2.59. The van der Waals surface area contributed by atoms with Gasteiger partial charge in [0.2, 0.25) is 0 Å². The van der Waals surface area contributed by atoms with Gasteiger partial charge in [-0.2, -0.15) is 0 Å². The van der Waals surface area contributed by atoms with Crippen molar-refractivity contribution in [3.05, 3.63) is 0 Å². The molecule has 72 valence electrons. The van der Waals surface area contributed by atoms with E-state index in [0.29, 0.717) is 0 Å². The molecule has 12 heavy (non-hydrogen) atoms. The third kappa shape index (κ3) is 3.19. The molecule has 0 aliphatic heterocycles. The second kappa shape index (κ2) is 3.41. The van der Waals surface area contributed by atoms with Gasteiger partial charge in [0.1, 0.15) is 5.54 Å². The molecule has 0 aliphatic rings. The van der Waals surface area contributed by atoms with Crippen LogP contribution in [-0.4, -0.2) is 33.9 Å². The molecule has 0 spiro atoms. The van der Waals surface area contributed by atoms with Gasteiger partial charge >= 0.3 is 5.97 Å². The van der Waals surface area contributed by atoms with Gasteiger partial charge in [-0.1, -0.05) is 0 Å². The van der Waals surface area contributed by atoms with Crippen molar-refractivity contribution in [3.8, 4) is 0 Å². The van der Waals surface area contributed by atoms with Gasteiger partial charge in [0.05, 0.1) is 6.61 Å². The van der Waals surface area contributed by atoms with Crippen molar-refractivity contribution < 1.29 is 15.0 Å². The van der Waals surface area contributed by atoms with Crippen molar-refractivity contribution in [1.82, 2.24) is 5.32 Å². The first-order valence-corrected chi connectivity index (χ1v) is 3.85. The van der Waals surface area contributed by atoms with Crippen LogP contribution in [0.5, 0.6) is 0 Å². The van der Waals surface area contributed by atoms with Crippen LogP contribution < -0.4 is 5.32 Å². The van der Waals surface area contributed by atoms with E-state index in [4.69, 9.17) is 10.2 Å². The number of carbonyl (C=O) groups is 1. The molecule has 1 unspecified atom stereocenters. The van der Waals surface area contributed by atoms with Gasteiger partial charge in [0.15, 0.2) is 0 Å². The number of hydrogen-bond donors (Lipinski definition) is 3. The number of rotatable bonds is 3. The molecule has 0 radical (unpaired) electrons. The summed E-state index contributed by atoms with van der Waals surface area (Å²) in [6, 6.07) is 0. The molecule has 0 fully saturated rings. The van der Waals surface area contributed by atoms with E-state index in [1.165, 1.54) is 6.92 Å². The average molecular weight is 175 g/mol. The van der Waals surface area contributed by atoms with E-state index in [-0.39, 0.29) is 5.54 Å². The monoisotopic (exact) mass is 175 g/mol. The van der Waals surface area contributed by atoms with Gasteiger partial charge in [0.25, 0.3) is 0 Å². The molecule has 4 nitrogen and oxygen atoms in total. The minimum absolute atomic E-state index is 0.324. The molecular formula is C8H17NO3. The highest BCUT2D eigenvalue weighted by Crippen LogP contribution is 2.10. The van der Waals surface area contributed by atoms with Crippen LogP contribution in [0.3, 0.4) is 0 Å². The fraction of sp³-hybridized carbons (Fsp3) is 0.875. The number of aliphatic hydroxyl groups is 1. The number of carboxylic acid groups (broad SMARTS) is 1. The van der Waals surface area contributed by atoms with Crippen LogP contribution >= 0.6 is 0 Å². The summed E-state index contributed by atoms with van der Waals surface area (Å²) in [5.41, 5.74) is -1.58. The standard InChI is InChI=1S/C8H17NO3/c1-7(2,3)9-8(4,5-10)6(11)12/h9-10H,5H2,1-4H3,(H,11,12). The van der Waals surface area contributed by atoms with Crippen molar-refractivity contribution in [1.29, 1.82) is 0 Å². The lowest BCUT2D eigenvalue weighted by molar-refractivity contribution is -0.146. The van der Waals surface area contributed by atoms with E-state index < -0.39 is 18.1 Å². The zero-order valence-corrected chi connectivity index (χ0v) is 8.01. The molecule has 0 saturated carbocycles. The molecule has 4 heteroatoms. The molecule has 0 bridgehead atoms. The summed E-state index contributed by atoms with van der Waals surface area (Å²) < 4.78 is 0. The summed E-state index contributed by atoms with van der Waals surface area (Å²) in [6.07, 6.45) is 0. The first-order valence-electron chi connectivity index (χ1n) is 3.85. The third-order valence-corrected chi connectivity index (χ3v) is 1.44. The largest absolute Gasteiger partial charge is 0.480 e. The van der Waals surface area contributed by atoms with Crippen molar-refractivity contribution >= 4 is 5.97 Å². The quantitative estimate of drug-likeness (QED) is 0.573. The molecule has 0 aromatic rings. The van der Waals surface area contributed by atoms with Crippen molar-refractivity contribution in [2.75, 3.05) is 6.61 Å². The Balaban J connectivity index is 4.46. The summed E-state index contributed by atoms with van der Waals surface area (Å²) in [5.74, 6) is -1.04. The van der Waals surface area contributed by atoms with Gasteiger partial charge in [-0.25, -0.2) is 0 Å². The van der Waals surface area contributed by atoms with Gasteiger partial charge < -0.3 is 10.2 Å². The Kier molecular flexibility index (Phi) is 3.24. The van der Waals surface area contributed by atoms with Gasteiger partial charge in [-0.05, 0) is 27.7 Å². The van der Waals surface area contributed by atoms with E-state index in [0.717, 1.165) is 0 Å². The van der Waals surface area contributed by atoms with E-state index in [9.17, 15) is 4.79 Å². The smallest absolute Gasteiger partial charge is 0.326 e. The van der Waals surface area contributed by atoms with E-state index in [1.807, 2.05) is 20.8 Å². The van der Waals surface area contributed by atoms with Crippen molar-refractivity contribution in [2.24, 2.45) is 0 Å². The second-order valence-electron chi connectivity index (χ2n) is 4.17. The summed E-state index contributed by atoms with van der Waals surface area (Å²) in [4.78, 5) is 10.7. The highest BCUT2D eigenvalue weighted by atomic mass is 16.4. The first-order chi connectivity index (χ1) is 5.21. The lowest BCUT2D eigenvalue weighted by atomic mass is 9.98. The van der Waals surface area contributed by atoms with Crippen LogP contribution in [0.25, 0.3) is 0 Å². The maximum absolute atomic E-state index is 10.7. The zero-order chi connectivity index (χ0) is 9.99. The van der Waals surface area contributed by atoms with Crippen molar-refractivity contribution in [3.63, 3.8) is 0 Å². The molecule has 1 atom stereocenters. The minimum Gasteiger partial charge on any atom is -0.480 e. The van der Waals surface area contributed by atoms with Crippen molar-refractivity contribution in [2.45, 2.75) is 38.8 Å². The Labute approximate surface area is 72.6 Å². The van der Waals surface area contributed by atoms with E-state index in [2.05, 4.69) is 5.32 Å². The van der Waals surface area contributed by atoms with Gasteiger partial charge in [-0.3, -0.25) is 10.1 Å². The van der Waals surface area contributed by atoms with Crippen LogP contribution in [0.4, 0.5) is 0 Å². The molecule has 0 aromatic carbocycles. The highest BCUT2D eigenvalue weighted by Gasteiger charge is 2.35. The summed E-state index contributed by atoms with van der Waals surface area (Å²) >= 11 is 0. The molecule has 3 N–H and O–H groups in total. The normalized spacial score (nSPS) is 17.1. The van der Waals surface area contributed by atoms with Crippen LogP contribution in [0.1, 0.15) is 27.7 Å². The number of nitrogens with one attached hydrogen (secondary N) is 1.